The van der Waals surface area contributed by atoms with Gasteiger partial charge in [-0.25, -0.2) is 4.98 Å². The van der Waals surface area contributed by atoms with Crippen LogP contribution in [-0.4, -0.2) is 11.5 Å². The van der Waals surface area contributed by atoms with Crippen LogP contribution in [0.2, 0.25) is 0 Å². The van der Waals surface area contributed by atoms with E-state index < -0.39 is 0 Å². The quantitative estimate of drug-likeness (QED) is 0.682. The summed E-state index contributed by atoms with van der Waals surface area (Å²) in [6, 6.07) is 5.46. The van der Waals surface area contributed by atoms with Crippen molar-refractivity contribution < 1.29 is 0 Å². The zero-order valence-electron chi connectivity index (χ0n) is 6.04. The summed E-state index contributed by atoms with van der Waals surface area (Å²) in [5, 5.41) is 11.4. The predicted molar refractivity (Wildman–Crippen MR) is 42.8 cm³/mol. The minimum absolute atomic E-state index is 0.569. The van der Waals surface area contributed by atoms with Crippen LogP contribution in [0, 0.1) is 18.3 Å². The summed E-state index contributed by atoms with van der Waals surface area (Å²) in [5.74, 6) is 0.749. The van der Waals surface area contributed by atoms with Crippen molar-refractivity contribution in [3.63, 3.8) is 0 Å². The maximum absolute atomic E-state index is 8.44. The van der Waals surface area contributed by atoms with Crippen LogP contribution in [0.4, 0.5) is 5.82 Å². The fourth-order valence-electron chi connectivity index (χ4n) is 0.693. The van der Waals surface area contributed by atoms with Gasteiger partial charge in [0.1, 0.15) is 11.9 Å². The van der Waals surface area contributed by atoms with Crippen molar-refractivity contribution in [2.75, 3.05) is 11.9 Å². The Bertz CT molecular complexity index is 258. The van der Waals surface area contributed by atoms with Gasteiger partial charge in [0, 0.05) is 12.7 Å². The molecule has 1 N–H and O–H groups in total. The summed E-state index contributed by atoms with van der Waals surface area (Å²) in [4.78, 5) is 3.97. The van der Waals surface area contributed by atoms with E-state index in [-0.39, 0.29) is 0 Å². The van der Waals surface area contributed by atoms with Gasteiger partial charge in [0.2, 0.25) is 0 Å². The zero-order valence-corrected chi connectivity index (χ0v) is 6.04. The molecule has 1 aromatic heterocycles. The van der Waals surface area contributed by atoms with Crippen LogP contribution >= 0.6 is 0 Å². The van der Waals surface area contributed by atoms with Gasteiger partial charge >= 0.3 is 0 Å². The molecule has 3 heteroatoms. The molecule has 3 nitrogen and oxygen atoms in total. The minimum atomic E-state index is 0.569. The van der Waals surface area contributed by atoms with Crippen LogP contribution < -0.4 is 5.32 Å². The average molecular weight is 146 g/mol. The van der Waals surface area contributed by atoms with Crippen molar-refractivity contribution >= 4 is 5.82 Å². The van der Waals surface area contributed by atoms with Gasteiger partial charge < -0.3 is 5.32 Å². The Balaban J connectivity index is 2.76. The van der Waals surface area contributed by atoms with E-state index in [4.69, 9.17) is 5.26 Å². The molecular weight excluding hydrogens is 138 g/mol. The highest BCUT2D eigenvalue weighted by atomic mass is 15.0. The number of hydrogen-bond donors (Lipinski definition) is 1. The molecular formula is C8H8N3. The SMILES string of the molecule is [CH2]CNc1ccc(C#N)cn1. The Morgan fingerprint density at radius 3 is 2.91 bits per heavy atom. The Hall–Kier alpha value is -1.56. The van der Waals surface area contributed by atoms with Crippen molar-refractivity contribution in [3.05, 3.63) is 30.8 Å². The van der Waals surface area contributed by atoms with E-state index in [0.717, 1.165) is 5.82 Å². The Kier molecular flexibility index (Phi) is 2.45. The van der Waals surface area contributed by atoms with E-state index in [0.29, 0.717) is 12.1 Å². The van der Waals surface area contributed by atoms with E-state index >= 15 is 0 Å². The normalized spacial score (nSPS) is 8.73. The van der Waals surface area contributed by atoms with Crippen molar-refractivity contribution in [3.8, 4) is 6.07 Å². The maximum Gasteiger partial charge on any atom is 0.125 e. The van der Waals surface area contributed by atoms with Gasteiger partial charge in [0.15, 0.2) is 0 Å². The molecule has 0 bridgehead atoms. The van der Waals surface area contributed by atoms with Crippen LogP contribution in [0.15, 0.2) is 18.3 Å². The van der Waals surface area contributed by atoms with Crippen LogP contribution in [0.5, 0.6) is 0 Å². The fourth-order valence-corrected chi connectivity index (χ4v) is 0.693. The maximum atomic E-state index is 8.44. The molecule has 0 unspecified atom stereocenters. The third-order valence-corrected chi connectivity index (χ3v) is 1.20. The van der Waals surface area contributed by atoms with Crippen LogP contribution in [0.25, 0.3) is 0 Å². The molecule has 1 heterocycles. The highest BCUT2D eigenvalue weighted by Gasteiger charge is 1.91. The second-order valence-corrected chi connectivity index (χ2v) is 1.97. The highest BCUT2D eigenvalue weighted by molar-refractivity contribution is 5.38. The molecule has 0 aliphatic rings. The molecule has 0 aliphatic carbocycles. The van der Waals surface area contributed by atoms with Gasteiger partial charge in [-0.2, -0.15) is 5.26 Å². The molecule has 1 aromatic rings. The summed E-state index contributed by atoms with van der Waals surface area (Å²) in [6.07, 6.45) is 1.53. The van der Waals surface area contributed by atoms with Crippen LogP contribution in [0.3, 0.4) is 0 Å². The molecule has 11 heavy (non-hydrogen) atoms. The van der Waals surface area contributed by atoms with Crippen molar-refractivity contribution in [1.82, 2.24) is 4.98 Å². The van der Waals surface area contributed by atoms with Gasteiger partial charge in [-0.3, -0.25) is 0 Å². The third-order valence-electron chi connectivity index (χ3n) is 1.20. The number of nitrogens with zero attached hydrogens (tertiary/aromatic N) is 2. The number of aromatic nitrogens is 1. The van der Waals surface area contributed by atoms with E-state index in [1.807, 2.05) is 6.07 Å². The van der Waals surface area contributed by atoms with Gasteiger partial charge in [0.25, 0.3) is 0 Å². The van der Waals surface area contributed by atoms with E-state index in [9.17, 15) is 0 Å². The second-order valence-electron chi connectivity index (χ2n) is 1.97. The Morgan fingerprint density at radius 1 is 1.64 bits per heavy atom. The van der Waals surface area contributed by atoms with E-state index in [1.165, 1.54) is 6.20 Å². The second kappa shape index (κ2) is 3.57. The molecule has 55 valence electrons. The molecule has 0 saturated heterocycles. The van der Waals surface area contributed by atoms with Gasteiger partial charge in [-0.1, -0.05) is 0 Å². The van der Waals surface area contributed by atoms with Crippen molar-refractivity contribution in [1.29, 1.82) is 5.26 Å². The van der Waals surface area contributed by atoms with Gasteiger partial charge in [0.05, 0.1) is 5.56 Å². The lowest BCUT2D eigenvalue weighted by Crippen LogP contribution is -1.98. The number of nitriles is 1. The predicted octanol–water partition coefficient (Wildman–Crippen LogP) is 1.20. The number of pyridine rings is 1. The zero-order chi connectivity index (χ0) is 8.10. The summed E-state index contributed by atoms with van der Waals surface area (Å²) < 4.78 is 0. The first-order valence-electron chi connectivity index (χ1n) is 3.26. The lowest BCUT2D eigenvalue weighted by molar-refractivity contribution is 1.22. The number of hydrogen-bond acceptors (Lipinski definition) is 3. The third kappa shape index (κ3) is 1.94. The topological polar surface area (TPSA) is 48.7 Å². The first kappa shape index (κ1) is 7.55. The van der Waals surface area contributed by atoms with E-state index in [1.54, 1.807) is 12.1 Å². The first-order chi connectivity index (χ1) is 5.36. The number of rotatable bonds is 2. The monoisotopic (exact) mass is 146 g/mol. The number of anilines is 1. The summed E-state index contributed by atoms with van der Waals surface area (Å²) in [5.41, 5.74) is 0.569. The molecule has 0 amide bonds. The molecule has 0 aliphatic heterocycles. The lowest BCUT2D eigenvalue weighted by Gasteiger charge is -1.99. The van der Waals surface area contributed by atoms with Gasteiger partial charge in [-0.05, 0) is 19.1 Å². The van der Waals surface area contributed by atoms with Crippen LogP contribution in [-0.2, 0) is 0 Å². The molecule has 0 spiro atoms. The van der Waals surface area contributed by atoms with Gasteiger partial charge in [-0.15, -0.1) is 0 Å². The van der Waals surface area contributed by atoms with E-state index in [2.05, 4.69) is 17.2 Å². The first-order valence-corrected chi connectivity index (χ1v) is 3.26. The van der Waals surface area contributed by atoms with Crippen molar-refractivity contribution in [2.45, 2.75) is 0 Å². The highest BCUT2D eigenvalue weighted by Crippen LogP contribution is 2.02. The largest absolute Gasteiger partial charge is 0.370 e. The lowest BCUT2D eigenvalue weighted by atomic mass is 10.3. The number of nitrogens with one attached hydrogen (secondary N) is 1. The molecule has 0 aromatic carbocycles. The fraction of sp³-hybridized carbons (Fsp3) is 0.125. The molecule has 1 rings (SSSR count). The van der Waals surface area contributed by atoms with Crippen LogP contribution in [0.1, 0.15) is 5.56 Å². The average Bonchev–Trinajstić information content (AvgIpc) is 2.07. The summed E-state index contributed by atoms with van der Waals surface area (Å²) in [6.45, 7) is 4.20. The smallest absolute Gasteiger partial charge is 0.125 e. The summed E-state index contributed by atoms with van der Waals surface area (Å²) >= 11 is 0. The molecule has 0 atom stereocenters. The Labute approximate surface area is 65.7 Å². The standard InChI is InChI=1S/C8H8N3/c1-2-10-8-4-3-7(5-9)6-11-8/h3-4,6H,1-2H2,(H,10,11). The molecule has 0 fully saturated rings. The molecule has 1 radical (unpaired) electrons. The molecule has 0 saturated carbocycles. The summed E-state index contributed by atoms with van der Waals surface area (Å²) in [7, 11) is 0. The Morgan fingerprint density at radius 2 is 2.45 bits per heavy atom. The van der Waals surface area contributed by atoms with Crippen molar-refractivity contribution in [2.24, 2.45) is 0 Å². The minimum Gasteiger partial charge on any atom is -0.370 e.